The summed E-state index contributed by atoms with van der Waals surface area (Å²) < 4.78 is 37.5. The van der Waals surface area contributed by atoms with Crippen molar-refractivity contribution in [1.82, 2.24) is 9.80 Å². The maximum atomic E-state index is 14.2. The lowest BCUT2D eigenvalue weighted by Gasteiger charge is -2.48. The lowest BCUT2D eigenvalue weighted by Crippen LogP contribution is -2.60. The maximum Gasteiger partial charge on any atom is 0.311 e. The van der Waals surface area contributed by atoms with Crippen molar-refractivity contribution in [3.63, 3.8) is 0 Å². The molecule has 3 saturated heterocycles. The van der Waals surface area contributed by atoms with Crippen molar-refractivity contribution in [2.24, 2.45) is 17.8 Å². The van der Waals surface area contributed by atoms with Gasteiger partial charge in [-0.2, -0.15) is 0 Å². The van der Waals surface area contributed by atoms with Crippen LogP contribution in [0.5, 0.6) is 0 Å². The minimum absolute atomic E-state index is 0.133. The fourth-order valence-electron chi connectivity index (χ4n) is 8.74. The van der Waals surface area contributed by atoms with Gasteiger partial charge in [-0.1, -0.05) is 20.8 Å². The van der Waals surface area contributed by atoms with E-state index in [2.05, 4.69) is 0 Å². The summed E-state index contributed by atoms with van der Waals surface area (Å²) in [5, 5.41) is 66.2. The fourth-order valence-corrected chi connectivity index (χ4v) is 8.74. The largest absolute Gasteiger partial charge is 0.459 e. The molecule has 0 saturated carbocycles. The monoisotopic (exact) mass is 809 g/mol. The first kappa shape index (κ1) is 51.1. The molecule has 56 heavy (non-hydrogen) atoms. The Balaban J connectivity index is 0.00000258. The zero-order valence-electron chi connectivity index (χ0n) is 37.2. The predicted molar refractivity (Wildman–Crippen MR) is 212 cm³/mol. The van der Waals surface area contributed by atoms with Gasteiger partial charge < -0.3 is 68.9 Å². The van der Waals surface area contributed by atoms with E-state index in [1.54, 1.807) is 55.4 Å². The number of methoxy groups -OCH3 is 1. The third-order valence-corrected chi connectivity index (χ3v) is 12.2. The van der Waals surface area contributed by atoms with Gasteiger partial charge in [-0.3, -0.25) is 4.79 Å². The lowest BCUT2D eigenvalue weighted by atomic mass is 9.77. The molecule has 0 aliphatic carbocycles. The average Bonchev–Trinajstić information content (AvgIpc) is 3.09. The fraction of sp³-hybridized carbons (Fsp3) is 0.976. The van der Waals surface area contributed by atoms with E-state index in [-0.39, 0.29) is 43.4 Å². The zero-order valence-corrected chi connectivity index (χ0v) is 37.2. The summed E-state index contributed by atoms with van der Waals surface area (Å²) >= 11 is 0. The molecular formula is C41H80N2O13. The molecule has 0 unspecified atom stereocenters. The smallest absolute Gasteiger partial charge is 0.311 e. The maximum absolute atomic E-state index is 14.2. The second kappa shape index (κ2) is 21.0. The number of hydrogen-bond donors (Lipinski definition) is 6. The number of cyclic esters (lactones) is 1. The average molecular weight is 809 g/mol. The molecule has 15 heteroatoms. The third kappa shape index (κ3) is 12.7. The van der Waals surface area contributed by atoms with E-state index in [1.807, 2.05) is 51.7 Å². The van der Waals surface area contributed by atoms with Gasteiger partial charge in [0.25, 0.3) is 0 Å². The molecule has 3 rings (SSSR count). The highest BCUT2D eigenvalue weighted by molar-refractivity contribution is 5.73. The molecule has 0 aromatic carbocycles. The van der Waals surface area contributed by atoms with Crippen molar-refractivity contribution in [2.75, 3.05) is 34.8 Å². The quantitative estimate of drug-likeness (QED) is 0.205. The van der Waals surface area contributed by atoms with Crippen LogP contribution in [0, 0.1) is 17.8 Å². The van der Waals surface area contributed by atoms with Gasteiger partial charge in [-0.15, -0.1) is 0 Å². The van der Waals surface area contributed by atoms with Crippen LogP contribution in [0.25, 0.3) is 0 Å². The number of aliphatic hydroxyl groups is 6. The molecule has 0 radical (unpaired) electrons. The molecule has 3 aliphatic heterocycles. The molecule has 18 atom stereocenters. The summed E-state index contributed by atoms with van der Waals surface area (Å²) in [4.78, 5) is 18.0. The highest BCUT2D eigenvalue weighted by atomic mass is 16.7. The van der Waals surface area contributed by atoms with Crippen molar-refractivity contribution in [1.29, 1.82) is 0 Å². The topological polar surface area (TPSA) is 200 Å². The Hall–Kier alpha value is -1.05. The molecule has 0 aromatic rings. The second-order valence-corrected chi connectivity index (χ2v) is 18.3. The summed E-state index contributed by atoms with van der Waals surface area (Å²) in [5.41, 5.74) is -4.37. The van der Waals surface area contributed by atoms with Crippen LogP contribution in [0.2, 0.25) is 0 Å². The molecule has 3 aliphatic rings. The van der Waals surface area contributed by atoms with E-state index in [1.165, 1.54) is 14.0 Å². The van der Waals surface area contributed by atoms with Crippen LogP contribution in [-0.2, 0) is 33.2 Å². The van der Waals surface area contributed by atoms with Gasteiger partial charge in [0.1, 0.15) is 30.0 Å². The molecule has 3 heterocycles. The molecule has 0 bridgehead atoms. The number of nitrogens with zero attached hydrogens (tertiary/aromatic N) is 2. The Bertz CT molecular complexity index is 1190. The number of ether oxygens (including phenoxy) is 6. The molecular weight excluding hydrogens is 728 g/mol. The lowest BCUT2D eigenvalue weighted by molar-refractivity contribution is -0.318. The van der Waals surface area contributed by atoms with Gasteiger partial charge in [-0.25, -0.2) is 0 Å². The standard InChI is InChI=1S/C38H72N2O12.C3H8O/c1-15-27-38(10,46)31(42)24(6)40(13)19-20(2)17-36(8,45)33(52-35-29(41)26(39(11)12)16-21(3)48-35)22(4)30(23(5)34(44)50-27)51-28-18-37(9,47-14)32(43)25(7)49-28;1-3(2)4/h20-33,35,41-43,45-46H,15-19H2,1-14H3;3-4H,1-2H3/t20-,21-,22+,23-,24-,25+,26+,27-,28+,29-,30+,31-,32+,33-,35+,36-,37-,38-;/m1./s1. The molecule has 0 spiro atoms. The molecule has 0 aromatic heterocycles. The molecule has 6 N–H and O–H groups in total. The number of aliphatic hydroxyl groups excluding tert-OH is 4. The third-order valence-electron chi connectivity index (χ3n) is 12.2. The van der Waals surface area contributed by atoms with Crippen LogP contribution in [0.15, 0.2) is 0 Å². The Morgan fingerprint density at radius 3 is 2.04 bits per heavy atom. The number of carbonyl (C=O) groups is 1. The van der Waals surface area contributed by atoms with Crippen LogP contribution in [0.4, 0.5) is 0 Å². The summed E-state index contributed by atoms with van der Waals surface area (Å²) in [6.45, 7) is 21.5. The second-order valence-electron chi connectivity index (χ2n) is 18.3. The van der Waals surface area contributed by atoms with Crippen molar-refractivity contribution in [3.05, 3.63) is 0 Å². The summed E-state index contributed by atoms with van der Waals surface area (Å²) in [5.74, 6) is -2.58. The van der Waals surface area contributed by atoms with Crippen molar-refractivity contribution in [3.8, 4) is 0 Å². The molecule has 3 fully saturated rings. The van der Waals surface area contributed by atoms with E-state index < -0.39 is 96.0 Å². The first-order valence-corrected chi connectivity index (χ1v) is 20.6. The SMILES string of the molecule is CC(C)O.CC[C@H]1OC(=O)[C@H](C)[C@@H](O[C@H]2C[C@@](C)(OC)[C@@H](O)[C@H](C)O2)[C@H](C)[C@@H](O[C@@H]2O[C@H](C)C[C@H](N(C)C)[C@H]2O)[C@](C)(O)C[C@@H](C)CN(C)[C@H](C)[C@@H](O)[C@]1(C)O. The van der Waals surface area contributed by atoms with E-state index in [0.717, 1.165) is 0 Å². The Morgan fingerprint density at radius 2 is 1.52 bits per heavy atom. The summed E-state index contributed by atoms with van der Waals surface area (Å²) in [7, 11) is 7.12. The molecule has 0 amide bonds. The van der Waals surface area contributed by atoms with Crippen molar-refractivity contribution >= 4 is 5.97 Å². The van der Waals surface area contributed by atoms with E-state index in [9.17, 15) is 30.3 Å². The van der Waals surface area contributed by atoms with Gasteiger partial charge in [0.2, 0.25) is 0 Å². The van der Waals surface area contributed by atoms with Crippen LogP contribution < -0.4 is 0 Å². The van der Waals surface area contributed by atoms with Crippen LogP contribution >= 0.6 is 0 Å². The van der Waals surface area contributed by atoms with Gasteiger partial charge in [-0.05, 0) is 109 Å². The van der Waals surface area contributed by atoms with Crippen LogP contribution in [0.1, 0.15) is 109 Å². The van der Waals surface area contributed by atoms with E-state index in [4.69, 9.17) is 33.5 Å². The Kier molecular flexibility index (Phi) is 19.1. The Morgan fingerprint density at radius 1 is 0.946 bits per heavy atom. The number of rotatable bonds is 7. The summed E-state index contributed by atoms with van der Waals surface area (Å²) in [6.07, 6.45) is -8.36. The highest BCUT2D eigenvalue weighted by Gasteiger charge is 2.52. The normalized spacial score (nSPS) is 46.7. The number of hydrogen-bond acceptors (Lipinski definition) is 15. The summed E-state index contributed by atoms with van der Waals surface area (Å²) in [6, 6.07) is -0.808. The van der Waals surface area contributed by atoms with E-state index in [0.29, 0.717) is 13.0 Å². The zero-order chi connectivity index (χ0) is 43.2. The number of likely N-dealkylation sites (N-methyl/N-ethyl adjacent to an activating group) is 2. The van der Waals surface area contributed by atoms with Gasteiger partial charge in [0, 0.05) is 44.2 Å². The first-order chi connectivity index (χ1) is 25.6. The van der Waals surface area contributed by atoms with Gasteiger partial charge in [0.15, 0.2) is 12.6 Å². The van der Waals surface area contributed by atoms with Crippen LogP contribution in [-0.4, -0.2) is 178 Å². The van der Waals surface area contributed by atoms with Gasteiger partial charge in [0.05, 0.1) is 41.5 Å². The van der Waals surface area contributed by atoms with Crippen molar-refractivity contribution < 1.29 is 63.9 Å². The van der Waals surface area contributed by atoms with Crippen LogP contribution in [0.3, 0.4) is 0 Å². The van der Waals surface area contributed by atoms with E-state index >= 15 is 0 Å². The minimum Gasteiger partial charge on any atom is -0.459 e. The molecule has 15 nitrogen and oxygen atoms in total. The first-order valence-electron chi connectivity index (χ1n) is 20.6. The van der Waals surface area contributed by atoms with Crippen molar-refractivity contribution in [2.45, 2.75) is 205 Å². The predicted octanol–water partition coefficient (Wildman–Crippen LogP) is 2.29. The minimum atomic E-state index is -1.80. The molecule has 332 valence electrons. The number of carbonyl (C=O) groups excluding carboxylic acids is 1. The highest BCUT2D eigenvalue weighted by Crippen LogP contribution is 2.40. The Labute approximate surface area is 336 Å². The van der Waals surface area contributed by atoms with Gasteiger partial charge >= 0.3 is 5.97 Å². The number of esters is 1.